The molecule has 1 aliphatic carbocycles. The lowest BCUT2D eigenvalue weighted by Crippen LogP contribution is -2.49. The van der Waals surface area contributed by atoms with Crippen molar-refractivity contribution in [3.8, 4) is 0 Å². The molecule has 0 radical (unpaired) electrons. The number of rotatable bonds is 4. The van der Waals surface area contributed by atoms with Crippen LogP contribution < -0.4 is 11.1 Å². The average molecular weight is 239 g/mol. The Balaban J connectivity index is 1.74. The first-order chi connectivity index (χ1) is 7.68. The topological polar surface area (TPSA) is 50.9 Å². The van der Waals surface area contributed by atoms with E-state index in [4.69, 9.17) is 5.73 Å². The molecule has 90 valence electrons. The Hall–Kier alpha value is -0.450. The van der Waals surface area contributed by atoms with Crippen LogP contribution in [-0.4, -0.2) is 17.1 Å². The lowest BCUT2D eigenvalue weighted by Gasteiger charge is -2.33. The zero-order chi connectivity index (χ0) is 11.4. The Morgan fingerprint density at radius 2 is 2.19 bits per heavy atom. The maximum Gasteiger partial charge on any atom is 0.107 e. The van der Waals surface area contributed by atoms with E-state index in [2.05, 4.69) is 15.7 Å². The van der Waals surface area contributed by atoms with Crippen LogP contribution in [0.1, 0.15) is 42.8 Å². The molecular weight excluding hydrogens is 218 g/mol. The first kappa shape index (κ1) is 12.0. The van der Waals surface area contributed by atoms with E-state index in [9.17, 15) is 0 Å². The molecule has 1 saturated carbocycles. The highest BCUT2D eigenvalue weighted by atomic mass is 32.1. The fourth-order valence-electron chi connectivity index (χ4n) is 2.33. The quantitative estimate of drug-likeness (QED) is 0.847. The van der Waals surface area contributed by atoms with Crippen LogP contribution >= 0.6 is 11.3 Å². The standard InChI is InChI=1S/C12H21N3S/c1-10-8-16-11(15-10)7-14-9-12(13)5-3-2-4-6-12/h8,14H,2-7,9,13H2,1H3. The maximum atomic E-state index is 6.35. The van der Waals surface area contributed by atoms with Crippen LogP contribution in [-0.2, 0) is 6.54 Å². The summed E-state index contributed by atoms with van der Waals surface area (Å²) >= 11 is 1.72. The van der Waals surface area contributed by atoms with Crippen LogP contribution in [0.2, 0.25) is 0 Å². The molecular formula is C12H21N3S. The summed E-state index contributed by atoms with van der Waals surface area (Å²) in [5, 5.41) is 6.71. The van der Waals surface area contributed by atoms with Crippen LogP contribution in [0.25, 0.3) is 0 Å². The van der Waals surface area contributed by atoms with E-state index < -0.39 is 0 Å². The maximum absolute atomic E-state index is 6.35. The van der Waals surface area contributed by atoms with Gasteiger partial charge in [0.05, 0.1) is 0 Å². The molecule has 0 spiro atoms. The van der Waals surface area contributed by atoms with Gasteiger partial charge in [0.2, 0.25) is 0 Å². The Labute approximate surface area is 101 Å². The van der Waals surface area contributed by atoms with Crippen LogP contribution in [0.15, 0.2) is 5.38 Å². The molecule has 1 aliphatic rings. The number of hydrogen-bond acceptors (Lipinski definition) is 4. The Kier molecular flexibility index (Phi) is 3.95. The first-order valence-corrected chi connectivity index (χ1v) is 6.97. The summed E-state index contributed by atoms with van der Waals surface area (Å²) in [7, 11) is 0. The minimum absolute atomic E-state index is 0.0323. The molecule has 0 amide bonds. The second kappa shape index (κ2) is 5.25. The van der Waals surface area contributed by atoms with Crippen LogP contribution in [0.4, 0.5) is 0 Å². The van der Waals surface area contributed by atoms with Crippen molar-refractivity contribution in [2.75, 3.05) is 6.54 Å². The minimum Gasteiger partial charge on any atom is -0.324 e. The molecule has 0 saturated heterocycles. The van der Waals surface area contributed by atoms with Crippen molar-refractivity contribution in [3.63, 3.8) is 0 Å². The summed E-state index contributed by atoms with van der Waals surface area (Å²) in [6, 6.07) is 0. The normalized spacial score (nSPS) is 19.9. The van der Waals surface area contributed by atoms with E-state index in [-0.39, 0.29) is 5.54 Å². The molecule has 3 nitrogen and oxygen atoms in total. The number of aromatic nitrogens is 1. The van der Waals surface area contributed by atoms with E-state index in [0.717, 1.165) is 36.6 Å². The highest BCUT2D eigenvalue weighted by Gasteiger charge is 2.26. The first-order valence-electron chi connectivity index (χ1n) is 6.09. The number of nitrogens with one attached hydrogen (secondary N) is 1. The van der Waals surface area contributed by atoms with Crippen molar-refractivity contribution in [1.82, 2.24) is 10.3 Å². The molecule has 2 rings (SSSR count). The van der Waals surface area contributed by atoms with Crippen molar-refractivity contribution in [2.45, 2.75) is 51.1 Å². The summed E-state index contributed by atoms with van der Waals surface area (Å²) in [6.45, 7) is 3.81. The second-order valence-electron chi connectivity index (χ2n) is 4.91. The van der Waals surface area contributed by atoms with Crippen molar-refractivity contribution >= 4 is 11.3 Å². The average Bonchev–Trinajstić information content (AvgIpc) is 2.65. The number of thiazole rings is 1. The highest BCUT2D eigenvalue weighted by molar-refractivity contribution is 7.09. The fraction of sp³-hybridized carbons (Fsp3) is 0.750. The lowest BCUT2D eigenvalue weighted by atomic mass is 9.82. The molecule has 1 fully saturated rings. The van der Waals surface area contributed by atoms with Gasteiger partial charge in [-0.05, 0) is 19.8 Å². The number of hydrogen-bond donors (Lipinski definition) is 2. The van der Waals surface area contributed by atoms with Crippen LogP contribution in [0.3, 0.4) is 0 Å². The largest absolute Gasteiger partial charge is 0.324 e. The van der Waals surface area contributed by atoms with Gasteiger partial charge in [-0.25, -0.2) is 4.98 Å². The number of nitrogens with zero attached hydrogens (tertiary/aromatic N) is 1. The van der Waals surface area contributed by atoms with Crippen molar-refractivity contribution in [3.05, 3.63) is 16.1 Å². The molecule has 16 heavy (non-hydrogen) atoms. The third kappa shape index (κ3) is 3.27. The van der Waals surface area contributed by atoms with Crippen molar-refractivity contribution in [1.29, 1.82) is 0 Å². The van der Waals surface area contributed by atoms with Gasteiger partial charge in [0.1, 0.15) is 5.01 Å². The van der Waals surface area contributed by atoms with Gasteiger partial charge in [-0.2, -0.15) is 0 Å². The smallest absolute Gasteiger partial charge is 0.107 e. The van der Waals surface area contributed by atoms with E-state index in [1.807, 2.05) is 6.92 Å². The van der Waals surface area contributed by atoms with Crippen molar-refractivity contribution < 1.29 is 0 Å². The molecule has 0 bridgehead atoms. The molecule has 3 N–H and O–H groups in total. The molecule has 0 unspecified atom stereocenters. The third-order valence-corrected chi connectivity index (χ3v) is 4.24. The van der Waals surface area contributed by atoms with Crippen molar-refractivity contribution in [2.24, 2.45) is 5.73 Å². The fourth-order valence-corrected chi connectivity index (χ4v) is 3.08. The minimum atomic E-state index is 0.0323. The monoisotopic (exact) mass is 239 g/mol. The number of nitrogens with two attached hydrogens (primary N) is 1. The van der Waals surface area contributed by atoms with Crippen LogP contribution in [0, 0.1) is 6.92 Å². The van der Waals surface area contributed by atoms with E-state index in [0.29, 0.717) is 0 Å². The summed E-state index contributed by atoms with van der Waals surface area (Å²) in [4.78, 5) is 4.43. The Morgan fingerprint density at radius 3 is 2.81 bits per heavy atom. The Bertz CT molecular complexity index is 329. The summed E-state index contributed by atoms with van der Waals surface area (Å²) in [5.41, 5.74) is 7.49. The van der Waals surface area contributed by atoms with E-state index >= 15 is 0 Å². The molecule has 1 heterocycles. The predicted octanol–water partition coefficient (Wildman–Crippen LogP) is 2.20. The van der Waals surface area contributed by atoms with E-state index in [1.54, 1.807) is 11.3 Å². The highest BCUT2D eigenvalue weighted by Crippen LogP contribution is 2.25. The molecule has 0 atom stereocenters. The van der Waals surface area contributed by atoms with Gasteiger partial charge in [0.25, 0.3) is 0 Å². The molecule has 0 aromatic carbocycles. The van der Waals surface area contributed by atoms with Gasteiger partial charge in [0.15, 0.2) is 0 Å². The van der Waals surface area contributed by atoms with E-state index in [1.165, 1.54) is 19.3 Å². The Morgan fingerprint density at radius 1 is 1.44 bits per heavy atom. The van der Waals surface area contributed by atoms with Gasteiger partial charge in [-0.15, -0.1) is 11.3 Å². The van der Waals surface area contributed by atoms with Gasteiger partial charge in [0, 0.05) is 29.7 Å². The summed E-state index contributed by atoms with van der Waals surface area (Å²) in [6.07, 6.45) is 6.25. The zero-order valence-electron chi connectivity index (χ0n) is 9.96. The predicted molar refractivity (Wildman–Crippen MR) is 68.6 cm³/mol. The summed E-state index contributed by atoms with van der Waals surface area (Å²) in [5.74, 6) is 0. The number of aryl methyl sites for hydroxylation is 1. The van der Waals surface area contributed by atoms with Gasteiger partial charge in [-0.3, -0.25) is 0 Å². The molecule has 1 aromatic rings. The second-order valence-corrected chi connectivity index (χ2v) is 5.85. The van der Waals surface area contributed by atoms with Crippen LogP contribution in [0.5, 0.6) is 0 Å². The molecule has 4 heteroatoms. The SMILES string of the molecule is Cc1csc(CNCC2(N)CCCCC2)n1. The van der Waals surface area contributed by atoms with Gasteiger partial charge < -0.3 is 11.1 Å². The van der Waals surface area contributed by atoms with Gasteiger partial charge >= 0.3 is 0 Å². The zero-order valence-corrected chi connectivity index (χ0v) is 10.8. The third-order valence-electron chi connectivity index (χ3n) is 3.27. The molecule has 0 aliphatic heterocycles. The lowest BCUT2D eigenvalue weighted by molar-refractivity contribution is 0.283. The van der Waals surface area contributed by atoms with Gasteiger partial charge in [-0.1, -0.05) is 19.3 Å². The molecule has 1 aromatic heterocycles. The summed E-state index contributed by atoms with van der Waals surface area (Å²) < 4.78 is 0.